The van der Waals surface area contributed by atoms with E-state index in [1.165, 1.54) is 7.11 Å². The number of morpholine rings is 1. The summed E-state index contributed by atoms with van der Waals surface area (Å²) in [5, 5.41) is 2.76. The topological polar surface area (TPSA) is 88.2 Å². The molecule has 1 saturated heterocycles. The first-order valence-electron chi connectivity index (χ1n) is 10.1. The molecule has 32 heavy (non-hydrogen) atoms. The van der Waals surface area contributed by atoms with Crippen molar-refractivity contribution in [2.24, 2.45) is 0 Å². The number of benzene rings is 2. The van der Waals surface area contributed by atoms with E-state index < -0.39 is 11.8 Å². The maximum atomic E-state index is 13.0. The molecule has 0 saturated carbocycles. The van der Waals surface area contributed by atoms with Crippen LogP contribution in [0.4, 0.5) is 11.4 Å². The van der Waals surface area contributed by atoms with Crippen molar-refractivity contribution in [2.45, 2.75) is 6.92 Å². The molecule has 8 nitrogen and oxygen atoms in total. The third-order valence-corrected chi connectivity index (χ3v) is 5.75. The van der Waals surface area contributed by atoms with Gasteiger partial charge in [-0.15, -0.1) is 0 Å². The van der Waals surface area contributed by atoms with Crippen molar-refractivity contribution >= 4 is 40.7 Å². The van der Waals surface area contributed by atoms with Gasteiger partial charge in [-0.05, 0) is 48.9 Å². The summed E-state index contributed by atoms with van der Waals surface area (Å²) in [6.07, 6.45) is 0. The minimum atomic E-state index is -0.623. The summed E-state index contributed by atoms with van der Waals surface area (Å²) in [6, 6.07) is 11.7. The van der Waals surface area contributed by atoms with Crippen LogP contribution in [0.15, 0.2) is 53.2 Å². The Morgan fingerprint density at radius 1 is 1.06 bits per heavy atom. The Morgan fingerprint density at radius 2 is 1.75 bits per heavy atom. The molecule has 3 amide bonds. The van der Waals surface area contributed by atoms with Crippen molar-refractivity contribution in [3.63, 3.8) is 0 Å². The summed E-state index contributed by atoms with van der Waals surface area (Å²) in [6.45, 7) is 3.89. The van der Waals surface area contributed by atoms with Crippen LogP contribution in [0.2, 0.25) is 0 Å². The predicted octanol–water partition coefficient (Wildman–Crippen LogP) is 2.91. The monoisotopic (exact) mass is 455 g/mol. The van der Waals surface area contributed by atoms with Gasteiger partial charge < -0.3 is 19.7 Å². The Kier molecular flexibility index (Phi) is 6.16. The first-order chi connectivity index (χ1) is 15.4. The number of nitrogens with zero attached hydrogens (tertiary/aromatic N) is 2. The standard InChI is InChI=1S/C23H22ClN3O5/c1-14-3-4-15(21(28)26-9-11-32-12-10-26)13-18(14)25-20-19(24)22(29)27(23(20)30)16-5-7-17(31-2)8-6-16/h3-8,13,25H,9-12H2,1-2H3. The van der Waals surface area contributed by atoms with Gasteiger partial charge in [0.2, 0.25) is 0 Å². The first-order valence-corrected chi connectivity index (χ1v) is 10.5. The van der Waals surface area contributed by atoms with E-state index in [4.69, 9.17) is 21.1 Å². The molecular formula is C23H22ClN3O5. The number of anilines is 2. The Labute approximate surface area is 190 Å². The fourth-order valence-corrected chi connectivity index (χ4v) is 3.76. The van der Waals surface area contributed by atoms with Gasteiger partial charge in [0.1, 0.15) is 16.5 Å². The van der Waals surface area contributed by atoms with Crippen molar-refractivity contribution in [1.82, 2.24) is 4.90 Å². The summed E-state index contributed by atoms with van der Waals surface area (Å²) in [7, 11) is 1.53. The van der Waals surface area contributed by atoms with Crippen LogP contribution in [0.5, 0.6) is 5.75 Å². The van der Waals surface area contributed by atoms with Crippen molar-refractivity contribution in [1.29, 1.82) is 0 Å². The van der Waals surface area contributed by atoms with Crippen molar-refractivity contribution in [3.05, 3.63) is 64.3 Å². The molecule has 0 radical (unpaired) electrons. The Balaban J connectivity index is 1.58. The zero-order chi connectivity index (χ0) is 22.8. The van der Waals surface area contributed by atoms with Crippen molar-refractivity contribution in [3.8, 4) is 5.75 Å². The maximum Gasteiger partial charge on any atom is 0.283 e. The average Bonchev–Trinajstić information content (AvgIpc) is 3.03. The zero-order valence-electron chi connectivity index (χ0n) is 17.7. The van der Waals surface area contributed by atoms with E-state index in [1.54, 1.807) is 47.4 Å². The number of carbonyl (C=O) groups excluding carboxylic acids is 3. The highest BCUT2D eigenvalue weighted by molar-refractivity contribution is 6.53. The fraction of sp³-hybridized carbons (Fsp3) is 0.261. The van der Waals surface area contributed by atoms with E-state index in [1.807, 2.05) is 6.92 Å². The molecule has 2 heterocycles. The smallest absolute Gasteiger partial charge is 0.283 e. The molecule has 0 bridgehead atoms. The van der Waals surface area contributed by atoms with Crippen LogP contribution < -0.4 is 15.0 Å². The molecule has 4 rings (SSSR count). The highest BCUT2D eigenvalue weighted by Gasteiger charge is 2.39. The van der Waals surface area contributed by atoms with Gasteiger partial charge >= 0.3 is 0 Å². The summed E-state index contributed by atoms with van der Waals surface area (Å²) >= 11 is 6.24. The summed E-state index contributed by atoms with van der Waals surface area (Å²) < 4.78 is 10.4. The second-order valence-corrected chi connectivity index (χ2v) is 7.77. The lowest BCUT2D eigenvalue weighted by Gasteiger charge is -2.27. The molecule has 0 aromatic heterocycles. The van der Waals surface area contributed by atoms with E-state index in [-0.39, 0.29) is 16.6 Å². The number of carbonyl (C=O) groups is 3. The number of methoxy groups -OCH3 is 1. The summed E-state index contributed by atoms with van der Waals surface area (Å²) in [5.41, 5.74) is 2.13. The number of ether oxygens (including phenoxy) is 2. The number of amides is 3. The maximum absolute atomic E-state index is 13.0. The lowest BCUT2D eigenvalue weighted by Crippen LogP contribution is -2.40. The van der Waals surface area contributed by atoms with Crippen LogP contribution in [0.1, 0.15) is 15.9 Å². The lowest BCUT2D eigenvalue weighted by atomic mass is 10.1. The van der Waals surface area contributed by atoms with E-state index in [2.05, 4.69) is 5.32 Å². The van der Waals surface area contributed by atoms with Gasteiger partial charge in [0.15, 0.2) is 0 Å². The SMILES string of the molecule is COc1ccc(N2C(=O)C(Cl)=C(Nc3cc(C(=O)N4CCOCC4)ccc3C)C2=O)cc1. The number of hydrogen-bond acceptors (Lipinski definition) is 6. The van der Waals surface area contributed by atoms with Gasteiger partial charge in [0, 0.05) is 24.3 Å². The molecular weight excluding hydrogens is 434 g/mol. The molecule has 0 unspecified atom stereocenters. The number of imide groups is 1. The molecule has 166 valence electrons. The van der Waals surface area contributed by atoms with Gasteiger partial charge in [-0.2, -0.15) is 0 Å². The van der Waals surface area contributed by atoms with Gasteiger partial charge in [-0.3, -0.25) is 14.4 Å². The zero-order valence-corrected chi connectivity index (χ0v) is 18.4. The Hall–Kier alpha value is -3.36. The van der Waals surface area contributed by atoms with E-state index in [0.29, 0.717) is 49.0 Å². The van der Waals surface area contributed by atoms with Crippen molar-refractivity contribution < 1.29 is 23.9 Å². The third-order valence-electron chi connectivity index (χ3n) is 5.40. The minimum absolute atomic E-state index is 0.0356. The third kappa shape index (κ3) is 4.06. The minimum Gasteiger partial charge on any atom is -0.497 e. The molecule has 2 aliphatic heterocycles. The van der Waals surface area contributed by atoms with Crippen LogP contribution in [0.3, 0.4) is 0 Å². The molecule has 2 aliphatic rings. The first kappa shape index (κ1) is 21.9. The number of nitrogens with one attached hydrogen (secondary N) is 1. The molecule has 2 aromatic rings. The Morgan fingerprint density at radius 3 is 2.41 bits per heavy atom. The number of aryl methyl sites for hydroxylation is 1. The number of halogens is 1. The molecule has 0 aliphatic carbocycles. The number of rotatable bonds is 5. The fourth-order valence-electron chi connectivity index (χ4n) is 3.55. The van der Waals surface area contributed by atoms with E-state index in [9.17, 15) is 14.4 Å². The predicted molar refractivity (Wildman–Crippen MR) is 120 cm³/mol. The quantitative estimate of drug-likeness (QED) is 0.697. The largest absolute Gasteiger partial charge is 0.497 e. The molecule has 1 N–H and O–H groups in total. The average molecular weight is 456 g/mol. The molecule has 2 aromatic carbocycles. The van der Waals surface area contributed by atoms with Crippen LogP contribution in [-0.2, 0) is 14.3 Å². The molecule has 0 atom stereocenters. The summed E-state index contributed by atoms with van der Waals surface area (Å²) in [5.74, 6) is -0.718. The number of hydrogen-bond donors (Lipinski definition) is 1. The van der Waals surface area contributed by atoms with Gasteiger partial charge in [-0.25, -0.2) is 4.90 Å². The van der Waals surface area contributed by atoms with E-state index in [0.717, 1.165) is 10.5 Å². The van der Waals surface area contributed by atoms with Gasteiger partial charge in [0.05, 0.1) is 26.0 Å². The molecule has 1 fully saturated rings. The van der Waals surface area contributed by atoms with Crippen LogP contribution in [0.25, 0.3) is 0 Å². The van der Waals surface area contributed by atoms with Crippen LogP contribution in [0, 0.1) is 6.92 Å². The van der Waals surface area contributed by atoms with E-state index >= 15 is 0 Å². The lowest BCUT2D eigenvalue weighted by molar-refractivity contribution is -0.120. The van der Waals surface area contributed by atoms with Gasteiger partial charge in [0.25, 0.3) is 17.7 Å². The highest BCUT2D eigenvalue weighted by Crippen LogP contribution is 2.32. The normalized spacial score (nSPS) is 16.6. The molecule has 0 spiro atoms. The highest BCUT2D eigenvalue weighted by atomic mass is 35.5. The van der Waals surface area contributed by atoms with Crippen molar-refractivity contribution in [2.75, 3.05) is 43.6 Å². The van der Waals surface area contributed by atoms with Crippen LogP contribution >= 0.6 is 11.6 Å². The Bertz CT molecular complexity index is 1110. The summed E-state index contributed by atoms with van der Waals surface area (Å²) in [4.78, 5) is 41.3. The van der Waals surface area contributed by atoms with Gasteiger partial charge in [-0.1, -0.05) is 17.7 Å². The second kappa shape index (κ2) is 9.02. The van der Waals surface area contributed by atoms with Crippen LogP contribution in [-0.4, -0.2) is 56.0 Å². The molecule has 9 heteroatoms. The second-order valence-electron chi connectivity index (χ2n) is 7.39.